The van der Waals surface area contributed by atoms with Gasteiger partial charge in [-0.3, -0.25) is 0 Å². The summed E-state index contributed by atoms with van der Waals surface area (Å²) in [6.07, 6.45) is 2.45. The monoisotopic (exact) mass is 268 g/mol. The van der Waals surface area contributed by atoms with E-state index in [0.717, 1.165) is 6.42 Å². The molecule has 0 amide bonds. The van der Waals surface area contributed by atoms with E-state index < -0.39 is 0 Å². The van der Waals surface area contributed by atoms with Crippen molar-refractivity contribution in [2.75, 3.05) is 11.1 Å². The van der Waals surface area contributed by atoms with E-state index in [-0.39, 0.29) is 12.0 Å². The summed E-state index contributed by atoms with van der Waals surface area (Å²) in [5.41, 5.74) is 5.55. The number of hydrogen-bond acceptors (Lipinski definition) is 5. The van der Waals surface area contributed by atoms with E-state index in [0.29, 0.717) is 10.8 Å². The van der Waals surface area contributed by atoms with Gasteiger partial charge >= 0.3 is 0 Å². The number of rotatable bonds is 4. The highest BCUT2D eigenvalue weighted by molar-refractivity contribution is 7.10. The van der Waals surface area contributed by atoms with Crippen molar-refractivity contribution in [3.05, 3.63) is 33.6 Å². The Balaban J connectivity index is 2.21. The summed E-state index contributed by atoms with van der Waals surface area (Å²) in [6.45, 7) is 2.11. The number of hydrogen-bond donors (Lipinski definition) is 2. The largest absolute Gasteiger partial charge is 0.368 e. The third-order valence-electron chi connectivity index (χ3n) is 2.37. The highest BCUT2D eigenvalue weighted by Gasteiger charge is 2.13. The van der Waals surface area contributed by atoms with Crippen molar-refractivity contribution in [1.29, 1.82) is 0 Å². The summed E-state index contributed by atoms with van der Waals surface area (Å²) in [7, 11) is 0. The number of nitrogens with zero attached hydrogens (tertiary/aromatic N) is 2. The number of nitrogens with one attached hydrogen (secondary N) is 1. The Morgan fingerprint density at radius 3 is 3.06 bits per heavy atom. The van der Waals surface area contributed by atoms with Crippen LogP contribution in [0.25, 0.3) is 0 Å². The van der Waals surface area contributed by atoms with Gasteiger partial charge in [-0.2, -0.15) is 4.98 Å². The van der Waals surface area contributed by atoms with Gasteiger partial charge in [0.15, 0.2) is 5.82 Å². The second-order valence-electron chi connectivity index (χ2n) is 3.55. The van der Waals surface area contributed by atoms with Gasteiger partial charge in [-0.1, -0.05) is 24.6 Å². The lowest BCUT2D eigenvalue weighted by molar-refractivity contribution is 0.758. The molecule has 0 aliphatic rings. The van der Waals surface area contributed by atoms with Crippen LogP contribution >= 0.6 is 22.9 Å². The van der Waals surface area contributed by atoms with Crippen LogP contribution in [0.3, 0.4) is 0 Å². The number of thiophene rings is 1. The Hall–Kier alpha value is -1.33. The molecule has 2 rings (SSSR count). The van der Waals surface area contributed by atoms with Gasteiger partial charge in [-0.05, 0) is 17.9 Å². The van der Waals surface area contributed by atoms with Crippen LogP contribution in [0.4, 0.5) is 11.8 Å². The topological polar surface area (TPSA) is 63.8 Å². The summed E-state index contributed by atoms with van der Waals surface area (Å²) >= 11 is 7.72. The number of aromatic nitrogens is 2. The minimum Gasteiger partial charge on any atom is -0.368 e. The molecule has 0 fully saturated rings. The Morgan fingerprint density at radius 2 is 2.41 bits per heavy atom. The van der Waals surface area contributed by atoms with E-state index in [1.54, 1.807) is 11.3 Å². The highest BCUT2D eigenvalue weighted by Crippen LogP contribution is 2.28. The second-order valence-corrected chi connectivity index (χ2v) is 4.93. The van der Waals surface area contributed by atoms with Crippen molar-refractivity contribution in [3.63, 3.8) is 0 Å². The predicted molar refractivity (Wildman–Crippen MR) is 72.4 cm³/mol. The first-order valence-electron chi connectivity index (χ1n) is 5.28. The van der Waals surface area contributed by atoms with Crippen molar-refractivity contribution >= 4 is 34.7 Å². The fraction of sp³-hybridized carbons (Fsp3) is 0.273. The average molecular weight is 269 g/mol. The maximum absolute atomic E-state index is 6.02. The minimum absolute atomic E-state index is 0.196. The fourth-order valence-corrected chi connectivity index (χ4v) is 2.52. The van der Waals surface area contributed by atoms with Gasteiger partial charge in [0.05, 0.1) is 12.2 Å². The van der Waals surface area contributed by atoms with Gasteiger partial charge in [-0.15, -0.1) is 11.3 Å². The van der Waals surface area contributed by atoms with Crippen LogP contribution in [0.15, 0.2) is 23.7 Å². The van der Waals surface area contributed by atoms with Gasteiger partial charge in [0.25, 0.3) is 0 Å². The van der Waals surface area contributed by atoms with Crippen LogP contribution in [0.1, 0.15) is 24.3 Å². The zero-order valence-electron chi connectivity index (χ0n) is 9.35. The minimum atomic E-state index is 0.196. The van der Waals surface area contributed by atoms with E-state index in [4.69, 9.17) is 17.3 Å². The number of nitrogens with two attached hydrogens (primary N) is 1. The van der Waals surface area contributed by atoms with Crippen LogP contribution in [-0.4, -0.2) is 9.97 Å². The number of anilines is 2. The molecule has 2 aromatic heterocycles. The molecule has 0 bridgehead atoms. The fourth-order valence-electron chi connectivity index (χ4n) is 1.51. The molecular weight excluding hydrogens is 256 g/mol. The van der Waals surface area contributed by atoms with Crippen LogP contribution in [0.5, 0.6) is 0 Å². The molecule has 0 aliphatic heterocycles. The van der Waals surface area contributed by atoms with Crippen molar-refractivity contribution < 1.29 is 0 Å². The normalized spacial score (nSPS) is 12.4. The molecule has 4 nitrogen and oxygen atoms in total. The molecular formula is C11H13ClN4S. The van der Waals surface area contributed by atoms with Crippen molar-refractivity contribution in [1.82, 2.24) is 9.97 Å². The number of halogens is 1. The van der Waals surface area contributed by atoms with Crippen LogP contribution in [0.2, 0.25) is 5.02 Å². The summed E-state index contributed by atoms with van der Waals surface area (Å²) in [4.78, 5) is 9.18. The third-order valence-corrected chi connectivity index (χ3v) is 3.63. The molecule has 17 heavy (non-hydrogen) atoms. The Labute approximate surface area is 109 Å². The summed E-state index contributed by atoms with van der Waals surface area (Å²) in [5.74, 6) is 0.803. The van der Waals surface area contributed by atoms with Gasteiger partial charge in [0.1, 0.15) is 5.02 Å². The van der Waals surface area contributed by atoms with E-state index in [1.165, 1.54) is 11.1 Å². The van der Waals surface area contributed by atoms with Gasteiger partial charge in [-0.25, -0.2) is 4.98 Å². The maximum atomic E-state index is 6.02. The van der Waals surface area contributed by atoms with E-state index in [9.17, 15) is 0 Å². The lowest BCUT2D eigenvalue weighted by atomic mass is 10.2. The van der Waals surface area contributed by atoms with E-state index in [2.05, 4.69) is 33.7 Å². The van der Waals surface area contributed by atoms with E-state index >= 15 is 0 Å². The molecule has 1 unspecified atom stereocenters. The standard InChI is InChI=1S/C11H13ClN4S/c1-2-8(9-4-3-5-17-9)15-10-7(12)6-14-11(13)16-10/h3-6,8H,2H2,1H3,(H3,13,14,15,16). The Kier molecular flexibility index (Phi) is 3.81. The average Bonchev–Trinajstić information content (AvgIpc) is 2.84. The summed E-state index contributed by atoms with van der Waals surface area (Å²) in [6, 6.07) is 4.31. The van der Waals surface area contributed by atoms with Crippen LogP contribution < -0.4 is 11.1 Å². The molecule has 2 aromatic rings. The zero-order valence-corrected chi connectivity index (χ0v) is 10.9. The predicted octanol–water partition coefficient (Wildman–Crippen LogP) is 3.34. The second kappa shape index (κ2) is 5.33. The molecule has 0 saturated carbocycles. The van der Waals surface area contributed by atoms with Crippen molar-refractivity contribution in [2.45, 2.75) is 19.4 Å². The molecule has 90 valence electrons. The lowest BCUT2D eigenvalue weighted by Gasteiger charge is -2.16. The third kappa shape index (κ3) is 2.87. The van der Waals surface area contributed by atoms with Crippen molar-refractivity contribution in [2.24, 2.45) is 0 Å². The van der Waals surface area contributed by atoms with Gasteiger partial charge < -0.3 is 11.1 Å². The Bertz CT molecular complexity index is 486. The first kappa shape index (κ1) is 12.1. The molecule has 0 saturated heterocycles. The van der Waals surface area contributed by atoms with Crippen molar-refractivity contribution in [3.8, 4) is 0 Å². The summed E-state index contributed by atoms with van der Waals surface area (Å²) < 4.78 is 0. The Morgan fingerprint density at radius 1 is 1.59 bits per heavy atom. The van der Waals surface area contributed by atoms with Gasteiger partial charge in [0.2, 0.25) is 5.95 Å². The van der Waals surface area contributed by atoms with Gasteiger partial charge in [0, 0.05) is 4.88 Å². The molecule has 0 aliphatic carbocycles. The first-order chi connectivity index (χ1) is 8.20. The quantitative estimate of drug-likeness (QED) is 0.893. The van der Waals surface area contributed by atoms with Crippen LogP contribution in [0, 0.1) is 0 Å². The SMILES string of the molecule is CCC(Nc1nc(N)ncc1Cl)c1cccs1. The van der Waals surface area contributed by atoms with E-state index in [1.807, 2.05) is 6.07 Å². The molecule has 2 heterocycles. The smallest absolute Gasteiger partial charge is 0.222 e. The molecule has 1 atom stereocenters. The zero-order chi connectivity index (χ0) is 12.3. The summed E-state index contributed by atoms with van der Waals surface area (Å²) in [5, 5.41) is 5.82. The molecule has 3 N–H and O–H groups in total. The first-order valence-corrected chi connectivity index (χ1v) is 6.54. The molecule has 6 heteroatoms. The lowest BCUT2D eigenvalue weighted by Crippen LogP contribution is -2.11. The van der Waals surface area contributed by atoms with Crippen LogP contribution in [-0.2, 0) is 0 Å². The molecule has 0 radical (unpaired) electrons. The molecule has 0 spiro atoms. The molecule has 0 aromatic carbocycles. The highest BCUT2D eigenvalue weighted by atomic mass is 35.5. The number of nitrogen functional groups attached to an aromatic ring is 1. The maximum Gasteiger partial charge on any atom is 0.222 e.